The average Bonchev–Trinajstić information content (AvgIpc) is 3.38. The molecule has 1 heterocycles. The van der Waals surface area contributed by atoms with Crippen molar-refractivity contribution in [3.63, 3.8) is 0 Å². The van der Waals surface area contributed by atoms with Crippen LogP contribution in [0.3, 0.4) is 0 Å². The van der Waals surface area contributed by atoms with Gasteiger partial charge in [-0.05, 0) is 86.3 Å². The van der Waals surface area contributed by atoms with E-state index in [1.165, 1.54) is 28.4 Å². The smallest absolute Gasteiger partial charge is 0.306 e. The molecule has 1 aliphatic rings. The fourth-order valence-electron chi connectivity index (χ4n) is 2.76. The van der Waals surface area contributed by atoms with Crippen molar-refractivity contribution in [2.75, 3.05) is 7.11 Å². The fraction of sp³-hybridized carbons (Fsp3) is 0.389. The summed E-state index contributed by atoms with van der Waals surface area (Å²) in [6.45, 7) is 0.536. The monoisotopic (exact) mass is 520 g/mol. The number of methoxy groups -OCH3 is 1. The molecule has 1 saturated carbocycles. The van der Waals surface area contributed by atoms with E-state index in [1.807, 2.05) is 12.1 Å². The summed E-state index contributed by atoms with van der Waals surface area (Å²) in [6, 6.07) is 8.12. The van der Waals surface area contributed by atoms with E-state index in [0.29, 0.717) is 18.9 Å². The highest BCUT2D eigenvalue weighted by atomic mass is 127. The van der Waals surface area contributed by atoms with E-state index in [1.54, 1.807) is 11.3 Å². The molecular formula is C18H18BrIO3S. The van der Waals surface area contributed by atoms with Crippen LogP contribution in [0.5, 0.6) is 5.75 Å². The number of carbonyl (C=O) groups excluding carboxylic acids is 1. The van der Waals surface area contributed by atoms with Crippen molar-refractivity contribution >= 4 is 55.8 Å². The van der Waals surface area contributed by atoms with E-state index in [-0.39, 0.29) is 11.9 Å². The Morgan fingerprint density at radius 3 is 2.88 bits per heavy atom. The zero-order valence-corrected chi connectivity index (χ0v) is 17.8. The van der Waals surface area contributed by atoms with Crippen molar-refractivity contribution in [3.8, 4) is 5.75 Å². The third-order valence-electron chi connectivity index (χ3n) is 4.25. The summed E-state index contributed by atoms with van der Waals surface area (Å²) in [5.41, 5.74) is 2.32. The van der Waals surface area contributed by atoms with E-state index >= 15 is 0 Å². The normalized spacial score (nSPS) is 15.1. The molecule has 0 spiro atoms. The van der Waals surface area contributed by atoms with Crippen molar-refractivity contribution in [2.24, 2.45) is 5.92 Å². The number of carbonyl (C=O) groups is 1. The van der Waals surface area contributed by atoms with Crippen molar-refractivity contribution in [1.29, 1.82) is 0 Å². The lowest BCUT2D eigenvalue weighted by Crippen LogP contribution is -2.10. The molecule has 1 atom stereocenters. The van der Waals surface area contributed by atoms with E-state index in [2.05, 4.69) is 56.0 Å². The summed E-state index contributed by atoms with van der Waals surface area (Å²) in [5.74, 6) is 1.52. The molecule has 3 rings (SSSR count). The predicted octanol–water partition coefficient (Wildman–Crippen LogP) is 5.75. The van der Waals surface area contributed by atoms with Crippen LogP contribution in [0.4, 0.5) is 0 Å². The molecule has 1 aromatic carbocycles. The number of ether oxygens (including phenoxy) is 2. The van der Waals surface area contributed by atoms with Gasteiger partial charge in [-0.15, -0.1) is 11.3 Å². The fourth-order valence-corrected chi connectivity index (χ4v) is 4.82. The Hall–Kier alpha value is -0.600. The molecule has 24 heavy (non-hydrogen) atoms. The van der Waals surface area contributed by atoms with Gasteiger partial charge < -0.3 is 9.47 Å². The number of esters is 1. The second-order valence-electron chi connectivity index (χ2n) is 5.93. The van der Waals surface area contributed by atoms with Crippen LogP contribution >= 0.6 is 49.9 Å². The molecule has 0 aliphatic heterocycles. The van der Waals surface area contributed by atoms with Gasteiger partial charge in [-0.3, -0.25) is 4.79 Å². The first-order chi connectivity index (χ1) is 11.6. The van der Waals surface area contributed by atoms with E-state index in [0.717, 1.165) is 15.8 Å². The van der Waals surface area contributed by atoms with Gasteiger partial charge >= 0.3 is 5.97 Å². The third kappa shape index (κ3) is 4.52. The van der Waals surface area contributed by atoms with Gasteiger partial charge in [0.15, 0.2) is 0 Å². The Labute approximate surface area is 168 Å². The number of hydrogen-bond donors (Lipinski definition) is 0. The highest BCUT2D eigenvalue weighted by Crippen LogP contribution is 2.45. The van der Waals surface area contributed by atoms with E-state index in [4.69, 9.17) is 9.47 Å². The van der Waals surface area contributed by atoms with Crippen LogP contribution in [0, 0.1) is 8.80 Å². The molecule has 0 N–H and O–H groups in total. The summed E-state index contributed by atoms with van der Waals surface area (Å²) in [7, 11) is 1.45. The molecule has 0 amide bonds. The van der Waals surface area contributed by atoms with Crippen LogP contribution in [-0.2, 0) is 16.1 Å². The quantitative estimate of drug-likeness (QED) is 0.344. The largest absolute Gasteiger partial charge is 0.489 e. The summed E-state index contributed by atoms with van der Waals surface area (Å²) in [6.07, 6.45) is 2.82. The maximum absolute atomic E-state index is 11.7. The molecule has 1 aliphatic carbocycles. The topological polar surface area (TPSA) is 35.5 Å². The maximum atomic E-state index is 11.7. The Kier molecular flexibility index (Phi) is 6.21. The molecule has 3 nitrogen and oxygen atoms in total. The van der Waals surface area contributed by atoms with Gasteiger partial charge in [0.1, 0.15) is 12.4 Å². The first-order valence-electron chi connectivity index (χ1n) is 7.79. The van der Waals surface area contributed by atoms with Gasteiger partial charge in [-0.25, -0.2) is 0 Å². The third-order valence-corrected chi connectivity index (χ3v) is 8.27. The minimum Gasteiger partial charge on any atom is -0.489 e. The standard InChI is InChI=1S/C18H18BrIO3S/c1-22-16(21)8-15(11-5-6-11)12-3-2-4-14(7-12)23-9-13-10-24-18(20)17(13)19/h2-4,7,10-11,15H,5-6,8-9H2,1H3/t15-/m0/s1. The van der Waals surface area contributed by atoms with Crippen molar-refractivity contribution in [1.82, 2.24) is 0 Å². The van der Waals surface area contributed by atoms with Gasteiger partial charge in [0.2, 0.25) is 0 Å². The van der Waals surface area contributed by atoms with Gasteiger partial charge in [-0.1, -0.05) is 12.1 Å². The lowest BCUT2D eigenvalue weighted by Gasteiger charge is -2.16. The first kappa shape index (κ1) is 18.2. The van der Waals surface area contributed by atoms with Gasteiger partial charge in [0.25, 0.3) is 0 Å². The Morgan fingerprint density at radius 2 is 2.25 bits per heavy atom. The van der Waals surface area contributed by atoms with Crippen LogP contribution in [0.15, 0.2) is 34.1 Å². The Bertz CT molecular complexity index is 727. The lowest BCUT2D eigenvalue weighted by atomic mass is 9.91. The summed E-state index contributed by atoms with van der Waals surface area (Å²) >= 11 is 7.61. The number of halogens is 2. The van der Waals surface area contributed by atoms with Gasteiger partial charge in [0, 0.05) is 10.0 Å². The zero-order valence-electron chi connectivity index (χ0n) is 13.3. The maximum Gasteiger partial charge on any atom is 0.306 e. The number of thiophene rings is 1. The van der Waals surface area contributed by atoms with Crippen molar-refractivity contribution < 1.29 is 14.3 Å². The van der Waals surface area contributed by atoms with Crippen LogP contribution in [0.1, 0.15) is 36.3 Å². The molecule has 128 valence electrons. The summed E-state index contributed by atoms with van der Waals surface area (Å²) in [4.78, 5) is 11.7. The molecule has 0 saturated heterocycles. The number of rotatable bonds is 7. The van der Waals surface area contributed by atoms with Crippen molar-refractivity contribution in [2.45, 2.75) is 31.8 Å². The van der Waals surface area contributed by atoms with Crippen molar-refractivity contribution in [3.05, 3.63) is 48.1 Å². The molecular weight excluding hydrogens is 503 g/mol. The van der Waals surface area contributed by atoms with Gasteiger partial charge in [-0.2, -0.15) is 0 Å². The van der Waals surface area contributed by atoms with Gasteiger partial charge in [0.05, 0.1) is 16.4 Å². The predicted molar refractivity (Wildman–Crippen MR) is 108 cm³/mol. The second-order valence-corrected chi connectivity index (χ2v) is 9.42. The average molecular weight is 521 g/mol. The lowest BCUT2D eigenvalue weighted by molar-refractivity contribution is -0.141. The van der Waals surface area contributed by atoms with Crippen LogP contribution in [-0.4, -0.2) is 13.1 Å². The minimum absolute atomic E-state index is 0.144. The molecule has 2 aromatic rings. The number of benzene rings is 1. The zero-order chi connectivity index (χ0) is 17.1. The highest BCUT2D eigenvalue weighted by molar-refractivity contribution is 14.1. The van der Waals surface area contributed by atoms with E-state index in [9.17, 15) is 4.79 Å². The molecule has 0 bridgehead atoms. The number of hydrogen-bond acceptors (Lipinski definition) is 4. The SMILES string of the molecule is COC(=O)C[C@H](c1cccc(OCc2csc(I)c2Br)c1)C1CC1. The first-order valence-corrected chi connectivity index (χ1v) is 10.5. The van der Waals surface area contributed by atoms with E-state index < -0.39 is 0 Å². The highest BCUT2D eigenvalue weighted by Gasteiger charge is 2.34. The van der Waals surface area contributed by atoms with Crippen LogP contribution in [0.25, 0.3) is 0 Å². The summed E-state index contributed by atoms with van der Waals surface area (Å²) < 4.78 is 13.2. The summed E-state index contributed by atoms with van der Waals surface area (Å²) in [5, 5.41) is 2.11. The molecule has 1 fully saturated rings. The Balaban J connectivity index is 1.70. The molecule has 1 aromatic heterocycles. The molecule has 6 heteroatoms. The second kappa shape index (κ2) is 8.19. The minimum atomic E-state index is -0.144. The Morgan fingerprint density at radius 1 is 1.46 bits per heavy atom. The van der Waals surface area contributed by atoms with Crippen LogP contribution < -0.4 is 4.74 Å². The molecule has 0 unspecified atom stereocenters. The van der Waals surface area contributed by atoms with Crippen LogP contribution in [0.2, 0.25) is 0 Å². The molecule has 0 radical (unpaired) electrons.